The van der Waals surface area contributed by atoms with Gasteiger partial charge in [0.25, 0.3) is 5.91 Å². The molecule has 5 rings (SSSR count). The van der Waals surface area contributed by atoms with Crippen LogP contribution in [0, 0.1) is 23.1 Å². The second kappa shape index (κ2) is 9.64. The van der Waals surface area contributed by atoms with E-state index in [9.17, 15) is 34.8 Å². The van der Waals surface area contributed by atoms with Gasteiger partial charge in [-0.1, -0.05) is 20.8 Å². The molecule has 0 saturated heterocycles. The first-order valence-corrected chi connectivity index (χ1v) is 13.9. The summed E-state index contributed by atoms with van der Waals surface area (Å²) in [7, 11) is 3.06. The maximum absolute atomic E-state index is 16.2. The molecule has 4 aliphatic carbocycles. The van der Waals surface area contributed by atoms with E-state index in [1.807, 2.05) is 0 Å². The zero-order valence-electron chi connectivity index (χ0n) is 24.0. The van der Waals surface area contributed by atoms with Crippen molar-refractivity contribution in [2.75, 3.05) is 20.6 Å². The van der Waals surface area contributed by atoms with E-state index in [1.165, 1.54) is 25.1 Å². The number of hydrogen-bond acceptors (Lipinski definition) is 9. The fourth-order valence-corrected chi connectivity index (χ4v) is 7.04. The SMILES string of the molecule is CN(C)[C@@H]1C(=O)C(C(N)=O)=C(O)[C@@]2(O)C(=O)C3=C(O)c4c(O)cc(CN(CC(C)(C)C)C5CC5)c(F)c4C[C@H]3C[C@@H]12. The zero-order chi connectivity index (χ0) is 30.3. The van der Waals surface area contributed by atoms with Crippen LogP contribution in [0.1, 0.15) is 56.7 Å². The molecule has 0 spiro atoms. The van der Waals surface area contributed by atoms with Crippen molar-refractivity contribution in [3.63, 3.8) is 0 Å². The molecule has 0 unspecified atom stereocenters. The number of fused-ring (bicyclic) bond motifs is 3. The Morgan fingerprint density at radius 1 is 1.17 bits per heavy atom. The van der Waals surface area contributed by atoms with Gasteiger partial charge in [0.05, 0.1) is 11.6 Å². The summed E-state index contributed by atoms with van der Waals surface area (Å²) in [5, 5.41) is 44.9. The van der Waals surface area contributed by atoms with Crippen molar-refractivity contribution in [1.82, 2.24) is 9.80 Å². The number of phenolic OH excluding ortho intramolecular Hbond substituents is 1. The van der Waals surface area contributed by atoms with Gasteiger partial charge in [-0.3, -0.25) is 24.2 Å². The lowest BCUT2D eigenvalue weighted by Crippen LogP contribution is -2.65. The van der Waals surface area contributed by atoms with Crippen LogP contribution in [-0.4, -0.2) is 86.0 Å². The normalized spacial score (nSPS) is 28.3. The van der Waals surface area contributed by atoms with Gasteiger partial charge in [-0.05, 0) is 57.2 Å². The standard InChI is InChI=1S/C30H38FN3O7/c1-29(2,3)12-34(15-6-7-15)11-14-10-18(35)20-16(22(14)31)8-13-9-17-23(33(4)5)25(37)21(28(32)40)27(39)30(17,41)26(38)19(13)24(20)36/h10,13,15,17,23,35-36,39,41H,6-9,11-12H2,1-5H3,(H2,32,40)/t13-,17-,23-,30-/m0/s1. The Morgan fingerprint density at radius 2 is 1.80 bits per heavy atom. The second-order valence-electron chi connectivity index (χ2n) is 13.4. The van der Waals surface area contributed by atoms with Crippen molar-refractivity contribution >= 4 is 23.2 Å². The van der Waals surface area contributed by atoms with Gasteiger partial charge in [-0.15, -0.1) is 0 Å². The Kier molecular flexibility index (Phi) is 6.87. The number of benzene rings is 1. The van der Waals surface area contributed by atoms with Gasteiger partial charge in [0.1, 0.15) is 28.7 Å². The second-order valence-corrected chi connectivity index (χ2v) is 13.4. The summed E-state index contributed by atoms with van der Waals surface area (Å²) in [5.74, 6) is -8.12. The molecule has 4 atom stereocenters. The number of aliphatic hydroxyl groups excluding tert-OH is 2. The Morgan fingerprint density at radius 3 is 2.34 bits per heavy atom. The summed E-state index contributed by atoms with van der Waals surface area (Å²) in [5.41, 5.74) is 1.50. The Balaban J connectivity index is 1.61. The highest BCUT2D eigenvalue weighted by atomic mass is 19.1. The number of halogens is 1. The van der Waals surface area contributed by atoms with Crippen LogP contribution in [0.4, 0.5) is 4.39 Å². The van der Waals surface area contributed by atoms with E-state index in [1.54, 1.807) is 0 Å². The molecule has 0 heterocycles. The molecule has 2 saturated carbocycles. The Bertz CT molecular complexity index is 1420. The van der Waals surface area contributed by atoms with Gasteiger partial charge >= 0.3 is 0 Å². The first kappa shape index (κ1) is 29.2. The van der Waals surface area contributed by atoms with Crippen molar-refractivity contribution in [1.29, 1.82) is 0 Å². The highest BCUT2D eigenvalue weighted by Gasteiger charge is 2.64. The number of primary amides is 1. The minimum atomic E-state index is -2.73. The van der Waals surface area contributed by atoms with Gasteiger partial charge in [-0.25, -0.2) is 4.39 Å². The topological polar surface area (TPSA) is 165 Å². The number of phenols is 1. The van der Waals surface area contributed by atoms with Crippen LogP contribution in [0.15, 0.2) is 23.0 Å². The number of aromatic hydroxyl groups is 1. The van der Waals surface area contributed by atoms with Crippen LogP contribution in [0.3, 0.4) is 0 Å². The fourth-order valence-electron chi connectivity index (χ4n) is 7.04. The highest BCUT2D eigenvalue weighted by molar-refractivity contribution is 6.24. The number of amides is 1. The molecule has 0 radical (unpaired) electrons. The third-order valence-electron chi connectivity index (χ3n) is 8.84. The molecule has 0 bridgehead atoms. The van der Waals surface area contributed by atoms with Crippen LogP contribution in [-0.2, 0) is 27.3 Å². The van der Waals surface area contributed by atoms with E-state index in [0.717, 1.165) is 19.4 Å². The van der Waals surface area contributed by atoms with Crippen LogP contribution < -0.4 is 5.73 Å². The average Bonchev–Trinajstić information content (AvgIpc) is 3.68. The van der Waals surface area contributed by atoms with E-state index in [4.69, 9.17) is 5.73 Å². The van der Waals surface area contributed by atoms with E-state index < -0.39 is 69.6 Å². The number of carbonyl (C=O) groups excluding carboxylic acids is 3. The van der Waals surface area contributed by atoms with Crippen molar-refractivity contribution in [2.24, 2.45) is 23.0 Å². The largest absolute Gasteiger partial charge is 0.508 e. The summed E-state index contributed by atoms with van der Waals surface area (Å²) < 4.78 is 16.2. The lowest BCUT2D eigenvalue weighted by Gasteiger charge is -2.50. The third kappa shape index (κ3) is 4.54. The smallest absolute Gasteiger partial charge is 0.255 e. The van der Waals surface area contributed by atoms with Crippen LogP contribution in [0.5, 0.6) is 5.75 Å². The number of Topliss-reactive ketones (excluding diaryl/α,β-unsaturated/α-hetero) is 2. The summed E-state index contributed by atoms with van der Waals surface area (Å²) >= 11 is 0. The van der Waals surface area contributed by atoms with Crippen LogP contribution in [0.25, 0.3) is 5.76 Å². The van der Waals surface area contributed by atoms with Crippen molar-refractivity contribution in [2.45, 2.75) is 70.7 Å². The molecule has 222 valence electrons. The number of aliphatic hydroxyl groups is 3. The van der Waals surface area contributed by atoms with Gasteiger partial charge in [0.15, 0.2) is 11.4 Å². The average molecular weight is 572 g/mol. The number of carbonyl (C=O) groups is 3. The molecule has 10 nitrogen and oxygen atoms in total. The molecule has 4 aliphatic rings. The summed E-state index contributed by atoms with van der Waals surface area (Å²) in [6.45, 7) is 7.30. The van der Waals surface area contributed by atoms with Crippen LogP contribution in [0.2, 0.25) is 0 Å². The molecular weight excluding hydrogens is 533 g/mol. The van der Waals surface area contributed by atoms with Gasteiger partial charge < -0.3 is 26.2 Å². The number of nitrogens with zero attached hydrogens (tertiary/aromatic N) is 2. The maximum Gasteiger partial charge on any atom is 0.255 e. The predicted octanol–water partition coefficient (Wildman–Crippen LogP) is 2.11. The summed E-state index contributed by atoms with van der Waals surface area (Å²) in [6.07, 6.45) is 1.86. The van der Waals surface area contributed by atoms with Crippen LogP contribution >= 0.6 is 0 Å². The summed E-state index contributed by atoms with van der Waals surface area (Å²) in [4.78, 5) is 42.8. The third-order valence-corrected chi connectivity index (χ3v) is 8.84. The Labute approximate surface area is 237 Å². The molecule has 1 aromatic carbocycles. The summed E-state index contributed by atoms with van der Waals surface area (Å²) in [6, 6.07) is 0.401. The number of nitrogens with two attached hydrogens (primary N) is 1. The van der Waals surface area contributed by atoms with Crippen molar-refractivity contribution in [3.05, 3.63) is 45.5 Å². The predicted molar refractivity (Wildman–Crippen MR) is 147 cm³/mol. The van der Waals surface area contributed by atoms with Crippen molar-refractivity contribution in [3.8, 4) is 5.75 Å². The molecule has 0 aliphatic heterocycles. The maximum atomic E-state index is 16.2. The van der Waals surface area contributed by atoms with Gasteiger partial charge in [0.2, 0.25) is 5.78 Å². The lowest BCUT2D eigenvalue weighted by molar-refractivity contribution is -0.153. The van der Waals surface area contributed by atoms with E-state index in [-0.39, 0.29) is 47.1 Å². The molecule has 11 heteroatoms. The highest BCUT2D eigenvalue weighted by Crippen LogP contribution is 2.53. The number of rotatable bonds is 6. The van der Waals surface area contributed by atoms with E-state index >= 15 is 4.39 Å². The molecule has 1 aromatic rings. The molecule has 41 heavy (non-hydrogen) atoms. The molecular formula is C30H38FN3O7. The van der Waals surface area contributed by atoms with Gasteiger partial charge in [-0.2, -0.15) is 0 Å². The van der Waals surface area contributed by atoms with Gasteiger partial charge in [0, 0.05) is 41.7 Å². The minimum absolute atomic E-state index is 0.0285. The molecule has 1 amide bonds. The first-order valence-electron chi connectivity index (χ1n) is 13.9. The van der Waals surface area contributed by atoms with E-state index in [2.05, 4.69) is 25.7 Å². The van der Waals surface area contributed by atoms with E-state index in [0.29, 0.717) is 6.04 Å². The van der Waals surface area contributed by atoms with Crippen molar-refractivity contribution < 1.29 is 39.2 Å². The number of likely N-dealkylation sites (N-methyl/N-ethyl adjacent to an activating group) is 1. The first-order chi connectivity index (χ1) is 19.0. The Hall–Kier alpha value is -3.28. The minimum Gasteiger partial charge on any atom is -0.508 e. The number of ketones is 2. The lowest BCUT2D eigenvalue weighted by atomic mass is 9.57. The zero-order valence-corrected chi connectivity index (χ0v) is 24.0. The fraction of sp³-hybridized carbons (Fsp3) is 0.567. The number of hydrogen-bond donors (Lipinski definition) is 5. The monoisotopic (exact) mass is 571 g/mol. The quantitative estimate of drug-likeness (QED) is 0.322. The molecule has 0 aromatic heterocycles. The molecule has 2 fully saturated rings. The molecule has 6 N–H and O–H groups in total.